The predicted octanol–water partition coefficient (Wildman–Crippen LogP) is 12.4. The normalized spacial score (nSPS) is 41.2. The quantitative estimate of drug-likeness (QED) is 0.276. The first-order chi connectivity index (χ1) is 21.1. The molecule has 0 spiro atoms. The molecule has 4 bridgehead atoms. The molecule has 6 rings (SSSR count). The van der Waals surface area contributed by atoms with Crippen LogP contribution in [-0.2, 0) is 0 Å². The van der Waals surface area contributed by atoms with Crippen molar-refractivity contribution in [3.8, 4) is 0 Å². The molecule has 7 atom stereocenters. The van der Waals surface area contributed by atoms with Crippen LogP contribution in [0.4, 0.5) is 4.70 Å². The number of hydrogen-bond donors (Lipinski definition) is 1. The van der Waals surface area contributed by atoms with Gasteiger partial charge < -0.3 is 5.11 Å². The third kappa shape index (κ3) is 5.81. The maximum Gasteiger partial charge on any atom is 0.0750 e. The van der Waals surface area contributed by atoms with E-state index < -0.39 is 0 Å². The minimum absolute atomic E-state index is 0. The molecule has 244 valence electrons. The summed E-state index contributed by atoms with van der Waals surface area (Å²) in [6.07, 6.45) is 20.4. The third-order valence-electron chi connectivity index (χ3n) is 14.6. The van der Waals surface area contributed by atoms with Gasteiger partial charge in [-0.15, -0.1) is 0 Å². The highest BCUT2D eigenvalue weighted by atomic mass is 19.0. The van der Waals surface area contributed by atoms with E-state index in [9.17, 15) is 5.11 Å². The van der Waals surface area contributed by atoms with Gasteiger partial charge in [-0.25, -0.2) is 0 Å². The van der Waals surface area contributed by atoms with E-state index in [0.717, 1.165) is 36.2 Å². The predicted molar refractivity (Wildman–Crippen MR) is 186 cm³/mol. The van der Waals surface area contributed by atoms with Gasteiger partial charge in [0.2, 0.25) is 0 Å². The Morgan fingerprint density at radius 1 is 0.714 bits per heavy atom. The largest absolute Gasteiger partial charge is 0.389 e. The van der Waals surface area contributed by atoms with Crippen molar-refractivity contribution in [3.05, 3.63) is 46.1 Å². The Hall–Kier alpha value is -1.15. The Labute approximate surface area is 266 Å². The Morgan fingerprint density at radius 2 is 1.19 bits per heavy atom. The smallest absolute Gasteiger partial charge is 0.0750 e. The maximum atomic E-state index is 10.3. The number of aliphatic hydroxyl groups is 1. The zero-order valence-corrected chi connectivity index (χ0v) is 28.9. The monoisotopic (exact) mass is 597 g/mol. The highest BCUT2D eigenvalue weighted by Gasteiger charge is 2.49. The van der Waals surface area contributed by atoms with Crippen LogP contribution in [0.25, 0.3) is 0 Å². The van der Waals surface area contributed by atoms with Crippen molar-refractivity contribution in [2.45, 2.75) is 158 Å². The molecule has 2 heteroatoms. The highest BCUT2D eigenvalue weighted by molar-refractivity contribution is 5.29. The lowest BCUT2D eigenvalue weighted by Crippen LogP contribution is -2.44. The van der Waals surface area contributed by atoms with Crippen molar-refractivity contribution in [3.63, 3.8) is 0 Å². The Kier molecular flexibility index (Phi) is 8.80. The van der Waals surface area contributed by atoms with E-state index >= 15 is 0 Å². The zero-order chi connectivity index (χ0) is 34.0. The van der Waals surface area contributed by atoms with Crippen molar-refractivity contribution < 1.29 is 17.2 Å². The molecule has 0 aromatic heterocycles. The second kappa shape index (κ2) is 12.0. The Balaban J connectivity index is 0.000000410. The van der Waals surface area contributed by atoms with Gasteiger partial charge in [0, 0.05) is 7.37 Å². The molecule has 3 fully saturated rings. The summed E-state index contributed by atoms with van der Waals surface area (Å²) in [6.45, 7) is 26.5. The van der Waals surface area contributed by atoms with Gasteiger partial charge in [0.15, 0.2) is 0 Å². The number of hydrogen-bond acceptors (Lipinski definition) is 1. The average molecular weight is 597 g/mol. The lowest BCUT2D eigenvalue weighted by atomic mass is 9.52. The molecule has 0 aliphatic heterocycles. The van der Waals surface area contributed by atoms with E-state index in [2.05, 4.69) is 75.0 Å². The summed E-state index contributed by atoms with van der Waals surface area (Å²) in [5, 5.41) is 10.3. The summed E-state index contributed by atoms with van der Waals surface area (Å²) in [4.78, 5) is 0. The molecule has 6 aliphatic carbocycles. The summed E-state index contributed by atoms with van der Waals surface area (Å²) < 4.78 is 20.0. The van der Waals surface area contributed by atoms with Crippen molar-refractivity contribution in [1.82, 2.24) is 0 Å². The van der Waals surface area contributed by atoms with Crippen LogP contribution in [0.1, 0.15) is 160 Å². The number of aliphatic hydroxyl groups excluding tert-OH is 1. The minimum atomic E-state index is -0.258. The Bertz CT molecular complexity index is 1160. The van der Waals surface area contributed by atoms with Crippen LogP contribution >= 0.6 is 0 Å². The lowest BCUT2D eigenvalue weighted by Gasteiger charge is -2.53. The van der Waals surface area contributed by atoms with Crippen LogP contribution in [0.5, 0.6) is 0 Å². The highest BCUT2D eigenvalue weighted by Crippen LogP contribution is 2.59. The van der Waals surface area contributed by atoms with Crippen molar-refractivity contribution in [2.75, 3.05) is 0 Å². The first-order valence-corrected chi connectivity index (χ1v) is 17.5. The molecule has 0 radical (unpaired) electrons. The van der Waals surface area contributed by atoms with Gasteiger partial charge in [-0.05, 0) is 162 Å². The lowest BCUT2D eigenvalue weighted by molar-refractivity contribution is 0.0289. The average Bonchev–Trinajstić information content (AvgIpc) is 2.99. The summed E-state index contributed by atoms with van der Waals surface area (Å²) >= 11 is 0. The van der Waals surface area contributed by atoms with Crippen molar-refractivity contribution in [2.24, 2.45) is 45.3 Å². The topological polar surface area (TPSA) is 20.2 Å². The molecule has 3 saturated carbocycles. The van der Waals surface area contributed by atoms with Gasteiger partial charge in [0.25, 0.3) is 0 Å². The second-order valence-corrected chi connectivity index (χ2v) is 17.4. The SMILES string of the molecule is C=C1C(O)CC[C@@]2(C)CCC3=C(C)CC[C@@H](C[C@H]12)C3(C)C.CC1=CCC[C@@]2(C)CCC3=C(C)CC[C@@H](C[C@H]12)C3(C)C.F.[3HH].[3H][3H].[3H][3H]. The third-order valence-corrected chi connectivity index (χ3v) is 14.6. The van der Waals surface area contributed by atoms with E-state index in [1.807, 2.05) is 5.57 Å². The first kappa shape index (κ1) is 30.9. The van der Waals surface area contributed by atoms with Gasteiger partial charge in [-0.3, -0.25) is 4.70 Å². The molecule has 1 unspecified atom stereocenters. The molecule has 0 aromatic rings. The van der Waals surface area contributed by atoms with Crippen LogP contribution in [0.3, 0.4) is 0 Å². The maximum absolute atomic E-state index is 10.3. The van der Waals surface area contributed by atoms with Gasteiger partial charge in [0.05, 0.1) is 6.10 Å². The number of allylic oxidation sites excluding steroid dienone is 6. The molecule has 0 amide bonds. The van der Waals surface area contributed by atoms with Gasteiger partial charge in [-0.2, -0.15) is 0 Å². The fourth-order valence-corrected chi connectivity index (χ4v) is 11.2. The molecule has 1 nitrogen and oxygen atoms in total. The van der Waals surface area contributed by atoms with Crippen LogP contribution < -0.4 is 0 Å². The summed E-state index contributed by atoms with van der Waals surface area (Å²) in [7, 11) is 0. The van der Waals surface area contributed by atoms with Crippen molar-refractivity contribution >= 4 is 0 Å². The molecular weight excluding hydrogens is 515 g/mol. The van der Waals surface area contributed by atoms with E-state index in [1.165, 1.54) is 77.0 Å². The first-order valence-electron chi connectivity index (χ1n) is 19.5. The summed E-state index contributed by atoms with van der Waals surface area (Å²) in [5.74, 6) is 3.01. The van der Waals surface area contributed by atoms with Gasteiger partial charge in [-0.1, -0.05) is 82.1 Å². The number of halogens is 1. The van der Waals surface area contributed by atoms with Crippen molar-refractivity contribution in [1.29, 1.82) is 0 Å². The second-order valence-electron chi connectivity index (χ2n) is 17.4. The molecule has 42 heavy (non-hydrogen) atoms. The van der Waals surface area contributed by atoms with E-state index in [4.69, 9.17) is 5.94 Å². The molecule has 0 heterocycles. The minimum Gasteiger partial charge on any atom is -0.389 e. The van der Waals surface area contributed by atoms with E-state index in [0.29, 0.717) is 27.6 Å². The summed E-state index contributed by atoms with van der Waals surface area (Å²) in [6, 6.07) is 0. The number of rotatable bonds is 0. The molecular formula is C40H71FO. The number of fused-ring (bicyclic) bond motifs is 6. The fourth-order valence-electron chi connectivity index (χ4n) is 11.2. The zero-order valence-electron chi connectivity index (χ0n) is 32.9. The van der Waals surface area contributed by atoms with Crippen LogP contribution in [0.2, 0.25) is 0 Å². The summed E-state index contributed by atoms with van der Waals surface area (Å²) in [5.41, 5.74) is 11.5. The van der Waals surface area contributed by atoms with E-state index in [-0.39, 0.29) is 12.2 Å². The molecule has 0 aromatic carbocycles. The molecule has 1 N–H and O–H groups in total. The standard InChI is InChI=1S/C20H32O.C20H32.FH.3H2/c1-13-6-7-15-12-17-14(2)18(21)9-11-20(17,5)10-8-16(13)19(15,3)4;1-14-7-6-11-20(5)12-10-17-15(2)8-9-16(13-18(14)20)19(17,3)4;;;;/h15,17-18,21H,2,6-12H2,1,3-5H3;7,16,18H,6,8-13H2,1-5H3;4*1H/t15-,17+,18?,20+;16-,18+,20-;;;;/m00..../s1/i;;;2*1+2T;1+2. The van der Waals surface area contributed by atoms with Crippen LogP contribution in [0.15, 0.2) is 46.1 Å². The van der Waals surface area contributed by atoms with E-state index in [1.54, 1.807) is 22.3 Å². The van der Waals surface area contributed by atoms with Crippen LogP contribution in [-0.4, -0.2) is 11.2 Å². The Morgan fingerprint density at radius 3 is 1.71 bits per heavy atom. The molecule has 6 aliphatic rings. The van der Waals surface area contributed by atoms with Crippen LogP contribution in [0, 0.1) is 45.3 Å². The fraction of sp³-hybridized carbons (Fsp3) is 0.800. The van der Waals surface area contributed by atoms with Gasteiger partial charge >= 0.3 is 0 Å². The molecule has 0 saturated heterocycles. The van der Waals surface area contributed by atoms with Gasteiger partial charge in [0.1, 0.15) is 0 Å².